The standard InChI is InChI=1S/C9H12N2O3/c1-6(10)4-7-5-8(12)2-3-9(7)11(13)14/h2-3,5-6,12H,4,10H2,1H3/t6-/m1/s1. The molecular weight excluding hydrogens is 184 g/mol. The molecule has 1 aromatic carbocycles. The van der Waals surface area contributed by atoms with Gasteiger partial charge in [0.25, 0.3) is 5.69 Å². The zero-order valence-electron chi connectivity index (χ0n) is 7.80. The number of nitro benzene ring substituents is 1. The van der Waals surface area contributed by atoms with Crippen molar-refractivity contribution in [2.75, 3.05) is 0 Å². The summed E-state index contributed by atoms with van der Waals surface area (Å²) in [5.74, 6) is 0.0197. The van der Waals surface area contributed by atoms with Gasteiger partial charge in [-0.15, -0.1) is 0 Å². The van der Waals surface area contributed by atoms with Crippen LogP contribution in [0.5, 0.6) is 5.75 Å². The molecule has 0 spiro atoms. The van der Waals surface area contributed by atoms with Crippen LogP contribution in [-0.4, -0.2) is 16.1 Å². The molecule has 5 nitrogen and oxygen atoms in total. The third-order valence-electron chi connectivity index (χ3n) is 1.80. The molecule has 0 saturated heterocycles. The van der Waals surface area contributed by atoms with Crippen LogP contribution in [0.1, 0.15) is 12.5 Å². The fourth-order valence-corrected chi connectivity index (χ4v) is 1.26. The first-order chi connectivity index (χ1) is 6.50. The van der Waals surface area contributed by atoms with Crippen LogP contribution in [0.2, 0.25) is 0 Å². The number of nitro groups is 1. The van der Waals surface area contributed by atoms with Gasteiger partial charge in [0.05, 0.1) is 4.92 Å². The number of aromatic hydroxyl groups is 1. The number of phenols is 1. The molecule has 0 aromatic heterocycles. The average molecular weight is 196 g/mol. The second kappa shape index (κ2) is 4.06. The number of benzene rings is 1. The molecule has 0 radical (unpaired) electrons. The monoisotopic (exact) mass is 196 g/mol. The zero-order valence-corrected chi connectivity index (χ0v) is 7.80. The first-order valence-corrected chi connectivity index (χ1v) is 4.22. The molecule has 14 heavy (non-hydrogen) atoms. The number of hydrogen-bond acceptors (Lipinski definition) is 4. The fraction of sp³-hybridized carbons (Fsp3) is 0.333. The Morgan fingerprint density at radius 2 is 2.29 bits per heavy atom. The van der Waals surface area contributed by atoms with Crippen molar-refractivity contribution in [1.82, 2.24) is 0 Å². The largest absolute Gasteiger partial charge is 0.508 e. The molecule has 1 rings (SSSR count). The van der Waals surface area contributed by atoms with Crippen LogP contribution < -0.4 is 5.73 Å². The fourth-order valence-electron chi connectivity index (χ4n) is 1.26. The van der Waals surface area contributed by atoms with E-state index in [0.717, 1.165) is 0 Å². The third kappa shape index (κ3) is 2.43. The summed E-state index contributed by atoms with van der Waals surface area (Å²) in [6.45, 7) is 1.76. The zero-order chi connectivity index (χ0) is 10.7. The highest BCUT2D eigenvalue weighted by Gasteiger charge is 2.14. The van der Waals surface area contributed by atoms with Gasteiger partial charge < -0.3 is 10.8 Å². The maximum Gasteiger partial charge on any atom is 0.272 e. The van der Waals surface area contributed by atoms with Gasteiger partial charge in [0, 0.05) is 17.7 Å². The minimum atomic E-state index is -0.475. The minimum absolute atomic E-state index is 0.0000926. The summed E-state index contributed by atoms with van der Waals surface area (Å²) >= 11 is 0. The van der Waals surface area contributed by atoms with E-state index in [9.17, 15) is 10.1 Å². The smallest absolute Gasteiger partial charge is 0.272 e. The maximum atomic E-state index is 10.6. The van der Waals surface area contributed by atoms with E-state index in [1.54, 1.807) is 6.92 Å². The predicted molar refractivity (Wildman–Crippen MR) is 52.1 cm³/mol. The van der Waals surface area contributed by atoms with Gasteiger partial charge in [-0.2, -0.15) is 0 Å². The van der Waals surface area contributed by atoms with E-state index in [-0.39, 0.29) is 17.5 Å². The lowest BCUT2D eigenvalue weighted by Crippen LogP contribution is -2.18. The molecule has 0 fully saturated rings. The number of hydrogen-bond donors (Lipinski definition) is 2. The Labute approximate surface area is 81.3 Å². The first kappa shape index (κ1) is 10.5. The average Bonchev–Trinajstić information content (AvgIpc) is 2.01. The van der Waals surface area contributed by atoms with Crippen molar-refractivity contribution in [3.05, 3.63) is 33.9 Å². The van der Waals surface area contributed by atoms with Crippen LogP contribution in [0.15, 0.2) is 18.2 Å². The van der Waals surface area contributed by atoms with Gasteiger partial charge in [0.15, 0.2) is 0 Å². The highest BCUT2D eigenvalue weighted by molar-refractivity contribution is 5.45. The van der Waals surface area contributed by atoms with Crippen LogP contribution in [0.25, 0.3) is 0 Å². The van der Waals surface area contributed by atoms with Crippen LogP contribution in [0, 0.1) is 10.1 Å². The second-order valence-electron chi connectivity index (χ2n) is 3.25. The quantitative estimate of drug-likeness (QED) is 0.561. The van der Waals surface area contributed by atoms with Gasteiger partial charge in [-0.1, -0.05) is 0 Å². The molecule has 3 N–H and O–H groups in total. The molecule has 0 saturated carbocycles. The molecule has 1 aromatic rings. The van der Waals surface area contributed by atoms with Crippen molar-refractivity contribution in [3.8, 4) is 5.75 Å². The summed E-state index contributed by atoms with van der Waals surface area (Å²) in [6, 6.07) is 3.78. The Morgan fingerprint density at radius 3 is 2.79 bits per heavy atom. The summed E-state index contributed by atoms with van der Waals surface area (Å²) in [4.78, 5) is 10.1. The van der Waals surface area contributed by atoms with Crippen molar-refractivity contribution in [2.45, 2.75) is 19.4 Å². The minimum Gasteiger partial charge on any atom is -0.508 e. The SMILES string of the molecule is C[C@@H](N)Cc1cc(O)ccc1[N+](=O)[O-]. The lowest BCUT2D eigenvalue weighted by Gasteiger charge is -2.06. The van der Waals surface area contributed by atoms with Crippen molar-refractivity contribution < 1.29 is 10.0 Å². The Hall–Kier alpha value is -1.62. The van der Waals surface area contributed by atoms with E-state index in [4.69, 9.17) is 10.8 Å². The summed E-state index contributed by atoms with van der Waals surface area (Å²) in [7, 11) is 0. The Morgan fingerprint density at radius 1 is 1.64 bits per heavy atom. The van der Waals surface area contributed by atoms with E-state index in [2.05, 4.69) is 0 Å². The highest BCUT2D eigenvalue weighted by Crippen LogP contribution is 2.24. The van der Waals surface area contributed by atoms with Crippen LogP contribution in [0.3, 0.4) is 0 Å². The van der Waals surface area contributed by atoms with E-state index >= 15 is 0 Å². The summed E-state index contributed by atoms with van der Waals surface area (Å²) in [5.41, 5.74) is 6.00. The van der Waals surface area contributed by atoms with Crippen molar-refractivity contribution in [1.29, 1.82) is 0 Å². The lowest BCUT2D eigenvalue weighted by atomic mass is 10.1. The number of phenolic OH excluding ortho intramolecular Hbond substituents is 1. The first-order valence-electron chi connectivity index (χ1n) is 4.22. The van der Waals surface area contributed by atoms with E-state index in [1.165, 1.54) is 18.2 Å². The molecule has 0 aliphatic carbocycles. The van der Waals surface area contributed by atoms with Crippen LogP contribution >= 0.6 is 0 Å². The van der Waals surface area contributed by atoms with Gasteiger partial charge in [-0.25, -0.2) is 0 Å². The normalized spacial score (nSPS) is 12.4. The van der Waals surface area contributed by atoms with Crippen LogP contribution in [0.4, 0.5) is 5.69 Å². The van der Waals surface area contributed by atoms with Gasteiger partial charge in [0.1, 0.15) is 5.75 Å². The summed E-state index contributed by atoms with van der Waals surface area (Å²) < 4.78 is 0. The number of nitrogens with two attached hydrogens (primary N) is 1. The van der Waals surface area contributed by atoms with E-state index in [1.807, 2.05) is 0 Å². The Balaban J connectivity index is 3.09. The molecule has 0 unspecified atom stereocenters. The molecule has 76 valence electrons. The molecule has 0 amide bonds. The van der Waals surface area contributed by atoms with Crippen molar-refractivity contribution >= 4 is 5.69 Å². The van der Waals surface area contributed by atoms with Crippen molar-refractivity contribution in [3.63, 3.8) is 0 Å². The number of rotatable bonds is 3. The molecule has 0 aliphatic heterocycles. The third-order valence-corrected chi connectivity index (χ3v) is 1.80. The Kier molecular flexibility index (Phi) is 3.03. The maximum absolute atomic E-state index is 10.6. The molecule has 0 heterocycles. The van der Waals surface area contributed by atoms with Gasteiger partial charge in [-0.3, -0.25) is 10.1 Å². The molecular formula is C9H12N2O3. The Bertz CT molecular complexity index is 350. The molecule has 1 atom stereocenters. The lowest BCUT2D eigenvalue weighted by molar-refractivity contribution is -0.385. The second-order valence-corrected chi connectivity index (χ2v) is 3.25. The number of nitrogens with zero attached hydrogens (tertiary/aromatic N) is 1. The molecule has 0 aliphatic rings. The highest BCUT2D eigenvalue weighted by atomic mass is 16.6. The molecule has 0 bridgehead atoms. The summed E-state index contributed by atoms with van der Waals surface area (Å²) in [5, 5.41) is 19.8. The van der Waals surface area contributed by atoms with E-state index in [0.29, 0.717) is 12.0 Å². The topological polar surface area (TPSA) is 89.4 Å². The van der Waals surface area contributed by atoms with Gasteiger partial charge in [-0.05, 0) is 25.5 Å². The summed E-state index contributed by atoms with van der Waals surface area (Å²) in [6.07, 6.45) is 0.380. The van der Waals surface area contributed by atoms with E-state index < -0.39 is 4.92 Å². The van der Waals surface area contributed by atoms with Crippen LogP contribution in [-0.2, 0) is 6.42 Å². The predicted octanol–water partition coefficient (Wildman–Crippen LogP) is 1.19. The van der Waals surface area contributed by atoms with Crippen molar-refractivity contribution in [2.24, 2.45) is 5.73 Å². The van der Waals surface area contributed by atoms with Gasteiger partial charge >= 0.3 is 0 Å². The van der Waals surface area contributed by atoms with Gasteiger partial charge in [0.2, 0.25) is 0 Å². The molecule has 5 heteroatoms.